The van der Waals surface area contributed by atoms with Gasteiger partial charge in [-0.25, -0.2) is 9.97 Å². The summed E-state index contributed by atoms with van der Waals surface area (Å²) in [5, 5.41) is 10.5. The van der Waals surface area contributed by atoms with Crippen molar-refractivity contribution in [1.82, 2.24) is 14.9 Å². The molecule has 116 valence electrons. The molecule has 0 spiro atoms. The summed E-state index contributed by atoms with van der Waals surface area (Å²) in [5.41, 5.74) is 0.855. The van der Waals surface area contributed by atoms with E-state index >= 15 is 0 Å². The van der Waals surface area contributed by atoms with Gasteiger partial charge in [-0.15, -0.1) is 0 Å². The second kappa shape index (κ2) is 7.04. The Labute approximate surface area is 132 Å². The standard InChI is InChI=1S/C15H17N3O3S/c19-14(20)10-22-15-11-3-1-2-4-12(11)16-13(17-15)9-18-5-7-21-8-6-18/h1-4H,5-10H2,(H,19,20). The Hall–Kier alpha value is -1.70. The van der Waals surface area contributed by atoms with Crippen molar-refractivity contribution in [2.24, 2.45) is 0 Å². The zero-order valence-corrected chi connectivity index (χ0v) is 12.9. The van der Waals surface area contributed by atoms with Gasteiger partial charge in [-0.1, -0.05) is 30.0 Å². The van der Waals surface area contributed by atoms with Gasteiger partial charge in [0.25, 0.3) is 0 Å². The van der Waals surface area contributed by atoms with E-state index in [4.69, 9.17) is 9.84 Å². The number of thioether (sulfide) groups is 1. The van der Waals surface area contributed by atoms with Crippen LogP contribution < -0.4 is 0 Å². The fourth-order valence-electron chi connectivity index (χ4n) is 2.36. The number of benzene rings is 1. The smallest absolute Gasteiger partial charge is 0.313 e. The van der Waals surface area contributed by atoms with E-state index in [9.17, 15) is 4.79 Å². The first-order valence-electron chi connectivity index (χ1n) is 7.13. The molecular weight excluding hydrogens is 302 g/mol. The van der Waals surface area contributed by atoms with Crippen molar-refractivity contribution in [3.8, 4) is 0 Å². The van der Waals surface area contributed by atoms with Gasteiger partial charge in [-0.05, 0) is 6.07 Å². The number of ether oxygens (including phenoxy) is 1. The van der Waals surface area contributed by atoms with Gasteiger partial charge in [-0.2, -0.15) is 0 Å². The number of para-hydroxylation sites is 1. The van der Waals surface area contributed by atoms with E-state index in [-0.39, 0.29) is 5.75 Å². The van der Waals surface area contributed by atoms with Crippen molar-refractivity contribution in [3.63, 3.8) is 0 Å². The Kier molecular flexibility index (Phi) is 4.87. The molecule has 1 aromatic carbocycles. The highest BCUT2D eigenvalue weighted by Gasteiger charge is 2.15. The number of morpholine rings is 1. The van der Waals surface area contributed by atoms with Crippen molar-refractivity contribution in [3.05, 3.63) is 30.1 Å². The summed E-state index contributed by atoms with van der Waals surface area (Å²) in [6.07, 6.45) is 0. The fourth-order valence-corrected chi connectivity index (χ4v) is 3.12. The van der Waals surface area contributed by atoms with Crippen LogP contribution in [0.3, 0.4) is 0 Å². The van der Waals surface area contributed by atoms with E-state index in [2.05, 4.69) is 14.9 Å². The Morgan fingerprint density at radius 2 is 2.05 bits per heavy atom. The predicted octanol–water partition coefficient (Wildman–Crippen LogP) is 1.64. The van der Waals surface area contributed by atoms with Crippen LogP contribution >= 0.6 is 11.8 Å². The molecule has 0 saturated carbocycles. The molecule has 0 bridgehead atoms. The number of aliphatic carboxylic acids is 1. The molecule has 1 aliphatic heterocycles. The van der Waals surface area contributed by atoms with Crippen LogP contribution in [0, 0.1) is 0 Å². The number of hydrogen-bond donors (Lipinski definition) is 1. The highest BCUT2D eigenvalue weighted by molar-refractivity contribution is 8.00. The molecule has 6 nitrogen and oxygen atoms in total. The Morgan fingerprint density at radius 1 is 1.27 bits per heavy atom. The van der Waals surface area contributed by atoms with E-state index in [1.165, 1.54) is 11.8 Å². The first-order valence-corrected chi connectivity index (χ1v) is 8.11. The second-order valence-corrected chi connectivity index (χ2v) is 6.00. The van der Waals surface area contributed by atoms with Crippen LogP contribution in [0.1, 0.15) is 5.82 Å². The number of aromatic nitrogens is 2. The van der Waals surface area contributed by atoms with Gasteiger partial charge < -0.3 is 9.84 Å². The molecule has 2 aromatic rings. The van der Waals surface area contributed by atoms with Crippen LogP contribution in [0.15, 0.2) is 29.3 Å². The van der Waals surface area contributed by atoms with Crippen molar-refractivity contribution in [1.29, 1.82) is 0 Å². The summed E-state index contributed by atoms with van der Waals surface area (Å²) < 4.78 is 5.34. The summed E-state index contributed by atoms with van der Waals surface area (Å²) >= 11 is 1.24. The first-order chi connectivity index (χ1) is 10.7. The van der Waals surface area contributed by atoms with Crippen molar-refractivity contribution in [2.45, 2.75) is 11.6 Å². The monoisotopic (exact) mass is 319 g/mol. The lowest BCUT2D eigenvalue weighted by Crippen LogP contribution is -2.36. The summed E-state index contributed by atoms with van der Waals surface area (Å²) in [7, 11) is 0. The highest BCUT2D eigenvalue weighted by Crippen LogP contribution is 2.25. The number of carboxylic acid groups (broad SMARTS) is 1. The van der Waals surface area contributed by atoms with Gasteiger partial charge in [0.15, 0.2) is 0 Å². The number of carboxylic acids is 1. The minimum Gasteiger partial charge on any atom is -0.481 e. The normalized spacial score (nSPS) is 16.0. The lowest BCUT2D eigenvalue weighted by atomic mass is 10.2. The molecule has 1 aliphatic rings. The number of nitrogens with zero attached hydrogens (tertiary/aromatic N) is 3. The molecule has 1 N–H and O–H groups in total. The van der Waals surface area contributed by atoms with E-state index < -0.39 is 5.97 Å². The fraction of sp³-hybridized carbons (Fsp3) is 0.400. The van der Waals surface area contributed by atoms with Gasteiger partial charge in [0, 0.05) is 18.5 Å². The number of fused-ring (bicyclic) bond motifs is 1. The maximum absolute atomic E-state index is 10.8. The molecule has 3 rings (SSSR count). The Bertz CT molecular complexity index is 674. The molecule has 0 unspecified atom stereocenters. The highest BCUT2D eigenvalue weighted by atomic mass is 32.2. The van der Waals surface area contributed by atoms with Gasteiger partial charge in [0.2, 0.25) is 0 Å². The molecule has 0 aliphatic carbocycles. The summed E-state index contributed by atoms with van der Waals surface area (Å²) in [4.78, 5) is 22.2. The third-order valence-electron chi connectivity index (χ3n) is 3.42. The van der Waals surface area contributed by atoms with Gasteiger partial charge >= 0.3 is 5.97 Å². The molecule has 0 atom stereocenters. The molecule has 2 heterocycles. The zero-order chi connectivity index (χ0) is 15.4. The average Bonchev–Trinajstić information content (AvgIpc) is 2.53. The summed E-state index contributed by atoms with van der Waals surface area (Å²) in [6, 6.07) is 7.71. The third kappa shape index (κ3) is 3.73. The molecule has 1 aromatic heterocycles. The quantitative estimate of drug-likeness (QED) is 0.663. The van der Waals surface area contributed by atoms with Crippen LogP contribution in [0.4, 0.5) is 0 Å². The van der Waals surface area contributed by atoms with Gasteiger partial charge in [0.05, 0.1) is 31.0 Å². The summed E-state index contributed by atoms with van der Waals surface area (Å²) in [6.45, 7) is 3.86. The molecule has 1 saturated heterocycles. The largest absolute Gasteiger partial charge is 0.481 e. The van der Waals surface area contributed by atoms with Gasteiger partial charge in [-0.3, -0.25) is 9.69 Å². The Balaban J connectivity index is 1.87. The molecular formula is C15H17N3O3S. The number of hydrogen-bond acceptors (Lipinski definition) is 6. The van der Waals surface area contributed by atoms with Crippen molar-refractivity contribution in [2.75, 3.05) is 32.1 Å². The topological polar surface area (TPSA) is 75.5 Å². The van der Waals surface area contributed by atoms with Gasteiger partial charge in [0.1, 0.15) is 10.9 Å². The van der Waals surface area contributed by atoms with E-state index in [1.807, 2.05) is 24.3 Å². The van der Waals surface area contributed by atoms with Crippen LogP contribution in [-0.4, -0.2) is 58.0 Å². The molecule has 22 heavy (non-hydrogen) atoms. The molecule has 0 radical (unpaired) electrons. The zero-order valence-electron chi connectivity index (χ0n) is 12.1. The van der Waals surface area contributed by atoms with E-state index in [0.29, 0.717) is 6.54 Å². The minimum atomic E-state index is -0.845. The van der Waals surface area contributed by atoms with Crippen LogP contribution in [-0.2, 0) is 16.1 Å². The SMILES string of the molecule is O=C(O)CSc1nc(CN2CCOCC2)nc2ccccc12. The van der Waals surface area contributed by atoms with Crippen LogP contribution in [0.2, 0.25) is 0 Å². The van der Waals surface area contributed by atoms with E-state index in [1.54, 1.807) is 0 Å². The lowest BCUT2D eigenvalue weighted by molar-refractivity contribution is -0.133. The Morgan fingerprint density at radius 3 is 2.82 bits per heavy atom. The maximum Gasteiger partial charge on any atom is 0.313 e. The van der Waals surface area contributed by atoms with Crippen LogP contribution in [0.25, 0.3) is 10.9 Å². The number of carbonyl (C=O) groups is 1. The third-order valence-corrected chi connectivity index (χ3v) is 4.39. The molecule has 1 fully saturated rings. The first kappa shape index (κ1) is 15.2. The minimum absolute atomic E-state index is 0.00198. The maximum atomic E-state index is 10.8. The molecule has 0 amide bonds. The van der Waals surface area contributed by atoms with Crippen molar-refractivity contribution < 1.29 is 14.6 Å². The number of rotatable bonds is 5. The second-order valence-electron chi connectivity index (χ2n) is 5.03. The summed E-state index contributed by atoms with van der Waals surface area (Å²) in [5.74, 6) is -0.117. The lowest BCUT2D eigenvalue weighted by Gasteiger charge is -2.25. The van der Waals surface area contributed by atoms with Crippen molar-refractivity contribution >= 4 is 28.6 Å². The van der Waals surface area contributed by atoms with Crippen LogP contribution in [0.5, 0.6) is 0 Å². The van der Waals surface area contributed by atoms with E-state index in [0.717, 1.165) is 48.1 Å². The predicted molar refractivity (Wildman–Crippen MR) is 84.0 cm³/mol. The molecule has 7 heteroatoms. The average molecular weight is 319 g/mol.